The Morgan fingerprint density at radius 2 is 2.04 bits per heavy atom. The molecule has 0 saturated carbocycles. The van der Waals surface area contributed by atoms with E-state index in [0.717, 1.165) is 15.7 Å². The molecule has 1 aliphatic rings. The van der Waals surface area contributed by atoms with Crippen molar-refractivity contribution in [2.75, 3.05) is 18.0 Å². The van der Waals surface area contributed by atoms with Crippen LogP contribution in [0.4, 0.5) is 5.69 Å². The molecule has 1 heterocycles. The van der Waals surface area contributed by atoms with Gasteiger partial charge in [-0.2, -0.15) is 0 Å². The van der Waals surface area contributed by atoms with Crippen molar-refractivity contribution in [1.29, 1.82) is 0 Å². The minimum absolute atomic E-state index is 0.140. The fraction of sp³-hybridized carbons (Fsp3) is 0.263. The molecule has 1 unspecified atom stereocenters. The van der Waals surface area contributed by atoms with E-state index in [1.54, 1.807) is 4.90 Å². The van der Waals surface area contributed by atoms with Crippen molar-refractivity contribution in [1.82, 2.24) is 5.32 Å². The van der Waals surface area contributed by atoms with Crippen LogP contribution in [-0.2, 0) is 16.0 Å². The molecule has 1 atom stereocenters. The van der Waals surface area contributed by atoms with Crippen LogP contribution in [0.3, 0.4) is 0 Å². The fourth-order valence-electron chi connectivity index (χ4n) is 2.97. The third kappa shape index (κ3) is 4.41. The lowest BCUT2D eigenvalue weighted by atomic mass is 10.1. The van der Waals surface area contributed by atoms with Crippen LogP contribution in [-0.4, -0.2) is 24.9 Å². The first-order valence-electron chi connectivity index (χ1n) is 8.14. The lowest BCUT2D eigenvalue weighted by Crippen LogP contribution is -2.37. The van der Waals surface area contributed by atoms with Gasteiger partial charge in [0.05, 0.1) is 0 Å². The number of nitrogens with one attached hydrogen (secondary N) is 1. The van der Waals surface area contributed by atoms with Crippen molar-refractivity contribution in [2.45, 2.75) is 12.8 Å². The average molecular weight is 422 g/mol. The predicted molar refractivity (Wildman–Crippen MR) is 103 cm³/mol. The summed E-state index contributed by atoms with van der Waals surface area (Å²) in [7, 11) is 0. The third-order valence-electron chi connectivity index (χ3n) is 4.24. The van der Waals surface area contributed by atoms with Gasteiger partial charge < -0.3 is 10.2 Å². The molecule has 6 heteroatoms. The Balaban J connectivity index is 1.55. The standard InChI is InChI=1S/C19H18BrClN2O2/c20-14-4-2-6-16(12-14)23-10-8-17(19(23)25)18(24)22-9-7-13-3-1-5-15(21)11-13/h1-6,11-12,17H,7-10H2,(H,22,24). The van der Waals surface area contributed by atoms with Gasteiger partial charge in [0.15, 0.2) is 0 Å². The van der Waals surface area contributed by atoms with Gasteiger partial charge in [0.1, 0.15) is 5.92 Å². The van der Waals surface area contributed by atoms with Crippen molar-refractivity contribution in [3.8, 4) is 0 Å². The smallest absolute Gasteiger partial charge is 0.239 e. The SMILES string of the molecule is O=C(NCCc1cccc(Cl)c1)C1CCN(c2cccc(Br)c2)C1=O. The normalized spacial score (nSPS) is 17.0. The second-order valence-corrected chi connectivity index (χ2v) is 7.33. The minimum atomic E-state index is -0.613. The van der Waals surface area contributed by atoms with Crippen LogP contribution in [0.15, 0.2) is 53.0 Å². The number of carbonyl (C=O) groups is 2. The highest BCUT2D eigenvalue weighted by Crippen LogP contribution is 2.27. The fourth-order valence-corrected chi connectivity index (χ4v) is 3.57. The van der Waals surface area contributed by atoms with Gasteiger partial charge in [-0.15, -0.1) is 0 Å². The van der Waals surface area contributed by atoms with Gasteiger partial charge in [-0.3, -0.25) is 9.59 Å². The predicted octanol–water partition coefficient (Wildman–Crippen LogP) is 3.81. The Hall–Kier alpha value is -1.85. The molecular weight excluding hydrogens is 404 g/mol. The molecule has 3 rings (SSSR count). The summed E-state index contributed by atoms with van der Waals surface area (Å²) in [6.45, 7) is 1.04. The molecule has 0 aliphatic carbocycles. The van der Waals surface area contributed by atoms with Gasteiger partial charge in [0, 0.05) is 28.3 Å². The highest BCUT2D eigenvalue weighted by molar-refractivity contribution is 9.10. The maximum atomic E-state index is 12.6. The van der Waals surface area contributed by atoms with E-state index in [0.29, 0.717) is 31.0 Å². The number of amides is 2. The molecule has 2 aromatic rings. The topological polar surface area (TPSA) is 49.4 Å². The van der Waals surface area contributed by atoms with Crippen molar-refractivity contribution < 1.29 is 9.59 Å². The van der Waals surface area contributed by atoms with Gasteiger partial charge in [-0.25, -0.2) is 0 Å². The first-order chi connectivity index (χ1) is 12.0. The van der Waals surface area contributed by atoms with E-state index in [-0.39, 0.29) is 11.8 Å². The van der Waals surface area contributed by atoms with Crippen LogP contribution < -0.4 is 10.2 Å². The lowest BCUT2D eigenvalue weighted by Gasteiger charge is -2.17. The molecule has 0 radical (unpaired) electrons. The average Bonchev–Trinajstić information content (AvgIpc) is 2.96. The second kappa shape index (κ2) is 8.02. The summed E-state index contributed by atoms with van der Waals surface area (Å²) in [5, 5.41) is 3.55. The van der Waals surface area contributed by atoms with Crippen molar-refractivity contribution >= 4 is 45.0 Å². The van der Waals surface area contributed by atoms with E-state index in [1.165, 1.54) is 0 Å². The van der Waals surface area contributed by atoms with Crippen LogP contribution in [0.5, 0.6) is 0 Å². The largest absolute Gasteiger partial charge is 0.355 e. The first-order valence-corrected chi connectivity index (χ1v) is 9.31. The molecule has 1 saturated heterocycles. The van der Waals surface area contributed by atoms with Crippen LogP contribution >= 0.6 is 27.5 Å². The van der Waals surface area contributed by atoms with E-state index in [9.17, 15) is 9.59 Å². The number of hydrogen-bond acceptors (Lipinski definition) is 2. The summed E-state index contributed by atoms with van der Waals surface area (Å²) < 4.78 is 0.909. The molecule has 0 bridgehead atoms. The van der Waals surface area contributed by atoms with Crippen LogP contribution in [0.2, 0.25) is 5.02 Å². The number of halogens is 2. The van der Waals surface area contributed by atoms with Crippen molar-refractivity contribution in [3.63, 3.8) is 0 Å². The van der Waals surface area contributed by atoms with E-state index < -0.39 is 5.92 Å². The molecule has 1 aliphatic heterocycles. The highest BCUT2D eigenvalue weighted by Gasteiger charge is 2.37. The zero-order valence-corrected chi connectivity index (χ0v) is 15.9. The van der Waals surface area contributed by atoms with Crippen LogP contribution in [0, 0.1) is 5.92 Å². The Labute approximate surface area is 160 Å². The Bertz CT molecular complexity index is 796. The molecular formula is C19H18BrClN2O2. The van der Waals surface area contributed by atoms with Gasteiger partial charge in [-0.1, -0.05) is 45.7 Å². The summed E-state index contributed by atoms with van der Waals surface area (Å²) in [6.07, 6.45) is 1.22. The number of nitrogens with zero attached hydrogens (tertiary/aromatic N) is 1. The van der Waals surface area contributed by atoms with Gasteiger partial charge >= 0.3 is 0 Å². The van der Waals surface area contributed by atoms with Gasteiger partial charge in [-0.05, 0) is 48.7 Å². The lowest BCUT2D eigenvalue weighted by molar-refractivity contribution is -0.132. The molecule has 4 nitrogen and oxygen atoms in total. The van der Waals surface area contributed by atoms with E-state index >= 15 is 0 Å². The zero-order chi connectivity index (χ0) is 17.8. The quantitative estimate of drug-likeness (QED) is 0.746. The highest BCUT2D eigenvalue weighted by atomic mass is 79.9. The zero-order valence-electron chi connectivity index (χ0n) is 13.5. The molecule has 2 amide bonds. The maximum absolute atomic E-state index is 12.6. The third-order valence-corrected chi connectivity index (χ3v) is 4.97. The molecule has 1 fully saturated rings. The number of hydrogen-bond donors (Lipinski definition) is 1. The Kier molecular flexibility index (Phi) is 5.76. The van der Waals surface area contributed by atoms with E-state index in [4.69, 9.17) is 11.6 Å². The summed E-state index contributed by atoms with van der Waals surface area (Å²) in [4.78, 5) is 26.6. The van der Waals surface area contributed by atoms with E-state index in [1.807, 2.05) is 48.5 Å². The molecule has 1 N–H and O–H groups in total. The van der Waals surface area contributed by atoms with Crippen molar-refractivity contribution in [2.24, 2.45) is 5.92 Å². The van der Waals surface area contributed by atoms with Gasteiger partial charge in [0.25, 0.3) is 0 Å². The number of anilines is 1. The monoisotopic (exact) mass is 420 g/mol. The van der Waals surface area contributed by atoms with Crippen molar-refractivity contribution in [3.05, 3.63) is 63.6 Å². The first kappa shape index (κ1) is 18.0. The molecule has 25 heavy (non-hydrogen) atoms. The Morgan fingerprint density at radius 1 is 1.24 bits per heavy atom. The van der Waals surface area contributed by atoms with Crippen LogP contribution in [0.1, 0.15) is 12.0 Å². The molecule has 0 spiro atoms. The Morgan fingerprint density at radius 3 is 2.80 bits per heavy atom. The van der Waals surface area contributed by atoms with Gasteiger partial charge in [0.2, 0.25) is 11.8 Å². The number of rotatable bonds is 5. The second-order valence-electron chi connectivity index (χ2n) is 5.98. The molecule has 130 valence electrons. The summed E-state index contributed by atoms with van der Waals surface area (Å²) in [5.74, 6) is -0.957. The summed E-state index contributed by atoms with van der Waals surface area (Å²) >= 11 is 9.36. The summed E-state index contributed by atoms with van der Waals surface area (Å²) in [6, 6.07) is 15.1. The summed E-state index contributed by atoms with van der Waals surface area (Å²) in [5.41, 5.74) is 1.87. The number of benzene rings is 2. The molecule has 2 aromatic carbocycles. The minimum Gasteiger partial charge on any atom is -0.355 e. The van der Waals surface area contributed by atoms with Crippen LogP contribution in [0.25, 0.3) is 0 Å². The molecule has 0 aromatic heterocycles. The van der Waals surface area contributed by atoms with E-state index in [2.05, 4.69) is 21.2 Å². The maximum Gasteiger partial charge on any atom is 0.239 e. The number of carbonyl (C=O) groups excluding carboxylic acids is 2.